The molecule has 1 rings (SSSR count). The fraction of sp³-hybridized carbons (Fsp3) is 0.583. The minimum Gasteiger partial charge on any atom is -0.309 e. The fourth-order valence-electron chi connectivity index (χ4n) is 1.77. The zero-order chi connectivity index (χ0) is 11.6. The summed E-state index contributed by atoms with van der Waals surface area (Å²) in [5, 5.41) is 0. The van der Waals surface area contributed by atoms with Gasteiger partial charge in [0.2, 0.25) is 0 Å². The van der Waals surface area contributed by atoms with Crippen molar-refractivity contribution in [1.29, 1.82) is 0 Å². The predicted molar refractivity (Wildman–Crippen MR) is 65.8 cm³/mol. The van der Waals surface area contributed by atoms with E-state index in [9.17, 15) is 4.79 Å². The Morgan fingerprint density at radius 1 is 1.47 bits per heavy atom. The van der Waals surface area contributed by atoms with Gasteiger partial charge in [-0.15, -0.1) is 11.3 Å². The maximum absolute atomic E-state index is 12.1. The summed E-state index contributed by atoms with van der Waals surface area (Å²) in [6.07, 6.45) is 0. The van der Waals surface area contributed by atoms with E-state index in [1.807, 2.05) is 40.9 Å². The number of nitrogens with zero attached hydrogens (tertiary/aromatic N) is 1. The van der Waals surface area contributed by atoms with Gasteiger partial charge in [-0.1, -0.05) is 6.92 Å². The Kier molecular flexibility index (Phi) is 4.05. The molecule has 3 heteroatoms. The first kappa shape index (κ1) is 12.4. The highest BCUT2D eigenvalue weighted by molar-refractivity contribution is 7.12. The zero-order valence-electron chi connectivity index (χ0n) is 10.1. The lowest BCUT2D eigenvalue weighted by Gasteiger charge is -2.15. The van der Waals surface area contributed by atoms with Crippen LogP contribution in [0.5, 0.6) is 0 Å². The Bertz CT molecular complexity index is 355. The van der Waals surface area contributed by atoms with Crippen molar-refractivity contribution >= 4 is 17.1 Å². The summed E-state index contributed by atoms with van der Waals surface area (Å²) in [4.78, 5) is 16.5. The molecule has 0 aliphatic carbocycles. The van der Waals surface area contributed by atoms with Crippen LogP contribution in [-0.4, -0.2) is 31.3 Å². The fourth-order valence-corrected chi connectivity index (χ4v) is 2.70. The van der Waals surface area contributed by atoms with Crippen LogP contribution in [0.2, 0.25) is 0 Å². The predicted octanol–water partition coefficient (Wildman–Crippen LogP) is 2.75. The van der Waals surface area contributed by atoms with Gasteiger partial charge in [0.05, 0.1) is 0 Å². The highest BCUT2D eigenvalue weighted by Crippen LogP contribution is 2.23. The molecule has 0 fully saturated rings. The molecule has 0 aromatic carbocycles. The quantitative estimate of drug-likeness (QED) is 0.734. The van der Waals surface area contributed by atoms with Gasteiger partial charge >= 0.3 is 0 Å². The van der Waals surface area contributed by atoms with Gasteiger partial charge in [-0.25, -0.2) is 0 Å². The number of Topliss-reactive ketones (excluding diaryl/α,β-unsaturated/α-hetero) is 1. The third kappa shape index (κ3) is 3.14. The first-order valence-electron chi connectivity index (χ1n) is 5.17. The van der Waals surface area contributed by atoms with E-state index in [1.165, 1.54) is 4.88 Å². The van der Waals surface area contributed by atoms with Crippen LogP contribution in [0.15, 0.2) is 6.07 Å². The smallest absolute Gasteiger partial charge is 0.168 e. The van der Waals surface area contributed by atoms with Crippen molar-refractivity contribution in [1.82, 2.24) is 4.90 Å². The summed E-state index contributed by atoms with van der Waals surface area (Å²) < 4.78 is 0. The van der Waals surface area contributed by atoms with Gasteiger partial charge in [-0.3, -0.25) is 4.79 Å². The Labute approximate surface area is 95.9 Å². The van der Waals surface area contributed by atoms with E-state index in [1.54, 1.807) is 11.3 Å². The molecule has 0 radical (unpaired) electrons. The van der Waals surface area contributed by atoms with E-state index in [0.717, 1.165) is 17.0 Å². The normalized spacial score (nSPS) is 13.2. The van der Waals surface area contributed by atoms with Gasteiger partial charge in [-0.05, 0) is 34.0 Å². The summed E-state index contributed by atoms with van der Waals surface area (Å²) in [6.45, 7) is 6.88. The molecule has 0 N–H and O–H groups in total. The van der Waals surface area contributed by atoms with Gasteiger partial charge < -0.3 is 4.90 Å². The van der Waals surface area contributed by atoms with Crippen LogP contribution in [0.25, 0.3) is 0 Å². The Morgan fingerprint density at radius 3 is 2.47 bits per heavy atom. The highest BCUT2D eigenvalue weighted by atomic mass is 32.1. The maximum Gasteiger partial charge on any atom is 0.168 e. The van der Waals surface area contributed by atoms with Gasteiger partial charge in [0.25, 0.3) is 0 Å². The first-order chi connectivity index (χ1) is 6.91. The number of hydrogen-bond donors (Lipinski definition) is 0. The van der Waals surface area contributed by atoms with Crippen LogP contribution in [0.1, 0.15) is 27.0 Å². The number of rotatable bonds is 4. The van der Waals surface area contributed by atoms with Gasteiger partial charge in [0.1, 0.15) is 0 Å². The molecule has 0 aliphatic heterocycles. The number of aryl methyl sites for hydroxylation is 2. The van der Waals surface area contributed by atoms with Crippen molar-refractivity contribution in [3.8, 4) is 0 Å². The second-order valence-corrected chi connectivity index (χ2v) is 5.81. The molecule has 15 heavy (non-hydrogen) atoms. The van der Waals surface area contributed by atoms with E-state index in [4.69, 9.17) is 0 Å². The molecule has 0 bridgehead atoms. The van der Waals surface area contributed by atoms with Crippen molar-refractivity contribution in [2.75, 3.05) is 20.6 Å². The molecule has 1 unspecified atom stereocenters. The summed E-state index contributed by atoms with van der Waals surface area (Å²) in [5.41, 5.74) is 0.909. The van der Waals surface area contributed by atoms with Crippen molar-refractivity contribution in [3.63, 3.8) is 0 Å². The largest absolute Gasteiger partial charge is 0.309 e. The molecular weight excluding hydrogens is 206 g/mol. The molecule has 0 saturated heterocycles. The molecule has 1 heterocycles. The molecule has 0 aliphatic rings. The van der Waals surface area contributed by atoms with Crippen LogP contribution in [-0.2, 0) is 0 Å². The van der Waals surface area contributed by atoms with E-state index in [2.05, 4.69) is 4.90 Å². The van der Waals surface area contributed by atoms with Crippen molar-refractivity contribution in [2.45, 2.75) is 20.8 Å². The van der Waals surface area contributed by atoms with Gasteiger partial charge in [0, 0.05) is 27.8 Å². The third-order valence-corrected chi connectivity index (χ3v) is 3.36. The third-order valence-electron chi connectivity index (χ3n) is 2.39. The SMILES string of the molecule is Cc1cc(C(=O)C(C)CN(C)C)c(C)s1. The maximum atomic E-state index is 12.1. The van der Waals surface area contributed by atoms with Gasteiger partial charge in [-0.2, -0.15) is 0 Å². The minimum absolute atomic E-state index is 0.0766. The number of ketones is 1. The standard InChI is InChI=1S/C12H19NOS/c1-8(7-13(4)5)12(14)11-6-9(2)15-10(11)3/h6,8H,7H2,1-5H3. The van der Waals surface area contributed by atoms with E-state index in [0.29, 0.717) is 0 Å². The average Bonchev–Trinajstić information content (AvgIpc) is 2.42. The zero-order valence-corrected chi connectivity index (χ0v) is 10.9. The lowest BCUT2D eigenvalue weighted by Crippen LogP contribution is -2.25. The Hall–Kier alpha value is -0.670. The van der Waals surface area contributed by atoms with Crippen molar-refractivity contribution in [2.24, 2.45) is 5.92 Å². The molecule has 1 aromatic heterocycles. The number of carbonyl (C=O) groups excluding carboxylic acids is 1. The topological polar surface area (TPSA) is 20.3 Å². The van der Waals surface area contributed by atoms with Crippen LogP contribution < -0.4 is 0 Å². The summed E-state index contributed by atoms with van der Waals surface area (Å²) in [7, 11) is 3.99. The van der Waals surface area contributed by atoms with Gasteiger partial charge in [0.15, 0.2) is 5.78 Å². The minimum atomic E-state index is 0.0766. The van der Waals surface area contributed by atoms with Crippen molar-refractivity contribution in [3.05, 3.63) is 21.4 Å². The lowest BCUT2D eigenvalue weighted by atomic mass is 9.99. The van der Waals surface area contributed by atoms with Crippen LogP contribution in [0.3, 0.4) is 0 Å². The molecule has 0 amide bonds. The molecule has 0 saturated carbocycles. The number of hydrogen-bond acceptors (Lipinski definition) is 3. The Balaban J connectivity index is 2.80. The molecule has 1 aromatic rings. The molecule has 1 atom stereocenters. The molecule has 84 valence electrons. The lowest BCUT2D eigenvalue weighted by molar-refractivity contribution is 0.0910. The second kappa shape index (κ2) is 4.90. The van der Waals surface area contributed by atoms with Crippen LogP contribution in [0, 0.1) is 19.8 Å². The van der Waals surface area contributed by atoms with E-state index < -0.39 is 0 Å². The highest BCUT2D eigenvalue weighted by Gasteiger charge is 2.19. The van der Waals surface area contributed by atoms with E-state index >= 15 is 0 Å². The summed E-state index contributed by atoms with van der Waals surface area (Å²) in [5.74, 6) is 0.346. The Morgan fingerprint density at radius 2 is 2.07 bits per heavy atom. The summed E-state index contributed by atoms with van der Waals surface area (Å²) >= 11 is 1.70. The monoisotopic (exact) mass is 225 g/mol. The van der Waals surface area contributed by atoms with Crippen LogP contribution in [0.4, 0.5) is 0 Å². The molecule has 2 nitrogen and oxygen atoms in total. The number of carbonyl (C=O) groups is 1. The molecular formula is C12H19NOS. The average molecular weight is 225 g/mol. The van der Waals surface area contributed by atoms with E-state index in [-0.39, 0.29) is 11.7 Å². The summed E-state index contributed by atoms with van der Waals surface area (Å²) in [6, 6.07) is 2.01. The number of thiophene rings is 1. The first-order valence-corrected chi connectivity index (χ1v) is 5.99. The second-order valence-electron chi connectivity index (χ2n) is 4.35. The van der Waals surface area contributed by atoms with Crippen molar-refractivity contribution < 1.29 is 4.79 Å². The molecule has 0 spiro atoms. The van der Waals surface area contributed by atoms with Crippen LogP contribution >= 0.6 is 11.3 Å².